The van der Waals surface area contributed by atoms with Crippen LogP contribution in [0.3, 0.4) is 0 Å². The Morgan fingerprint density at radius 3 is 2.60 bits per heavy atom. The molecule has 0 spiro atoms. The maximum atomic E-state index is 6.05. The van der Waals surface area contributed by atoms with Gasteiger partial charge in [0.1, 0.15) is 24.7 Å². The molecule has 0 N–H and O–H groups in total. The Morgan fingerprint density at radius 1 is 1.00 bits per heavy atom. The Kier molecular flexibility index (Phi) is 6.47. The van der Waals surface area contributed by atoms with Crippen molar-refractivity contribution in [2.24, 2.45) is 7.05 Å². The van der Waals surface area contributed by atoms with Gasteiger partial charge >= 0.3 is 0 Å². The van der Waals surface area contributed by atoms with Gasteiger partial charge in [-0.2, -0.15) is 0 Å². The number of fused-ring (bicyclic) bond motifs is 1. The highest BCUT2D eigenvalue weighted by molar-refractivity contribution is 5.88. The van der Waals surface area contributed by atoms with Gasteiger partial charge < -0.3 is 18.6 Å². The zero-order chi connectivity index (χ0) is 20.8. The van der Waals surface area contributed by atoms with E-state index in [-0.39, 0.29) is 0 Å². The van der Waals surface area contributed by atoms with E-state index in [1.807, 2.05) is 72.8 Å². The number of hydrogen-bond acceptors (Lipinski definition) is 4. The fraction of sp³-hybridized carbons (Fsp3) is 0.292. The Hall–Kier alpha value is -3.09. The van der Waals surface area contributed by atoms with Crippen molar-refractivity contribution in [1.29, 1.82) is 0 Å². The number of furan rings is 1. The number of benzene rings is 2. The molecule has 0 aliphatic heterocycles. The molecule has 0 unspecified atom stereocenters. The third-order valence-electron chi connectivity index (χ3n) is 4.88. The number of nitrogens with zero attached hydrogens (tertiary/aromatic N) is 2. The molecular weight excluding hydrogens is 380 g/mol. The summed E-state index contributed by atoms with van der Waals surface area (Å²) in [5.41, 5.74) is 2.83. The molecule has 0 amide bonds. The van der Waals surface area contributed by atoms with Crippen molar-refractivity contribution in [3.8, 4) is 17.1 Å². The first kappa shape index (κ1) is 20.2. The number of hydrogen-bond donors (Lipinski definition) is 0. The SMILES string of the molecule is COc1cc(COCCOCCn2cc[n+](C)c2)cc2cc(-c3ccccc3)oc12. The number of rotatable bonds is 10. The van der Waals surface area contributed by atoms with E-state index in [9.17, 15) is 0 Å². The van der Waals surface area contributed by atoms with Crippen molar-refractivity contribution in [2.45, 2.75) is 13.2 Å². The van der Waals surface area contributed by atoms with E-state index in [0.29, 0.717) is 32.2 Å². The zero-order valence-electron chi connectivity index (χ0n) is 17.4. The van der Waals surface area contributed by atoms with E-state index in [0.717, 1.165) is 34.4 Å². The minimum Gasteiger partial charge on any atom is -0.493 e. The topological polar surface area (TPSA) is 49.6 Å². The lowest BCUT2D eigenvalue weighted by molar-refractivity contribution is -0.671. The monoisotopic (exact) mass is 407 g/mol. The van der Waals surface area contributed by atoms with Crippen LogP contribution in [-0.4, -0.2) is 31.5 Å². The average molecular weight is 407 g/mol. The highest BCUT2D eigenvalue weighted by Gasteiger charge is 2.12. The molecule has 0 saturated carbocycles. The molecule has 156 valence electrons. The Bertz CT molecular complexity index is 1090. The summed E-state index contributed by atoms with van der Waals surface area (Å²) in [6.45, 7) is 3.10. The summed E-state index contributed by atoms with van der Waals surface area (Å²) in [4.78, 5) is 0. The second kappa shape index (κ2) is 9.61. The second-order valence-corrected chi connectivity index (χ2v) is 7.17. The fourth-order valence-corrected chi connectivity index (χ4v) is 3.37. The van der Waals surface area contributed by atoms with Crippen LogP contribution < -0.4 is 9.30 Å². The molecule has 4 aromatic rings. The predicted octanol–water partition coefficient (Wildman–Crippen LogP) is 3.97. The average Bonchev–Trinajstić information content (AvgIpc) is 3.39. The van der Waals surface area contributed by atoms with Crippen LogP contribution in [0, 0.1) is 0 Å². The maximum absolute atomic E-state index is 6.05. The van der Waals surface area contributed by atoms with Gasteiger partial charge in [0, 0.05) is 10.9 Å². The highest BCUT2D eigenvalue weighted by atomic mass is 16.5. The normalized spacial score (nSPS) is 11.3. The van der Waals surface area contributed by atoms with E-state index in [1.165, 1.54) is 0 Å². The summed E-state index contributed by atoms with van der Waals surface area (Å²) in [5.74, 6) is 1.54. The largest absolute Gasteiger partial charge is 0.493 e. The molecule has 2 aromatic carbocycles. The molecule has 4 rings (SSSR count). The van der Waals surface area contributed by atoms with Crippen LogP contribution in [-0.2, 0) is 29.7 Å². The highest BCUT2D eigenvalue weighted by Crippen LogP contribution is 2.34. The van der Waals surface area contributed by atoms with Crippen LogP contribution in [0.15, 0.2) is 71.7 Å². The van der Waals surface area contributed by atoms with Crippen LogP contribution >= 0.6 is 0 Å². The zero-order valence-corrected chi connectivity index (χ0v) is 17.4. The molecule has 2 heterocycles. The third kappa shape index (κ3) is 4.90. The maximum Gasteiger partial charge on any atom is 0.243 e. The summed E-state index contributed by atoms with van der Waals surface area (Å²) < 4.78 is 27.1. The minimum absolute atomic E-state index is 0.495. The summed E-state index contributed by atoms with van der Waals surface area (Å²) in [5, 5.41) is 1.00. The fourth-order valence-electron chi connectivity index (χ4n) is 3.37. The van der Waals surface area contributed by atoms with Gasteiger partial charge in [-0.1, -0.05) is 30.3 Å². The van der Waals surface area contributed by atoms with Gasteiger partial charge in [0.05, 0.1) is 40.6 Å². The van der Waals surface area contributed by atoms with Gasteiger partial charge in [-0.15, -0.1) is 0 Å². The number of ether oxygens (including phenoxy) is 3. The first-order chi connectivity index (χ1) is 14.7. The number of imidazole rings is 1. The molecule has 0 saturated heterocycles. The molecule has 0 fully saturated rings. The van der Waals surface area contributed by atoms with Crippen LogP contribution in [0.5, 0.6) is 5.75 Å². The minimum atomic E-state index is 0.495. The van der Waals surface area contributed by atoms with Gasteiger partial charge in [-0.25, -0.2) is 9.13 Å². The van der Waals surface area contributed by atoms with E-state index < -0.39 is 0 Å². The Labute approximate surface area is 176 Å². The standard InChI is InChI=1S/C24H27N2O4/c1-25-8-9-26(18-25)10-11-28-12-13-29-17-19-14-21-16-22(20-6-4-3-5-7-20)30-24(21)23(15-19)27-2/h3-9,14-16,18H,10-13,17H2,1-2H3/q+1. The van der Waals surface area contributed by atoms with Crippen molar-refractivity contribution in [1.82, 2.24) is 4.57 Å². The molecule has 0 radical (unpaired) electrons. The van der Waals surface area contributed by atoms with E-state index >= 15 is 0 Å². The first-order valence-electron chi connectivity index (χ1n) is 10.1. The van der Waals surface area contributed by atoms with Crippen LogP contribution in [0.4, 0.5) is 0 Å². The van der Waals surface area contributed by atoms with Crippen molar-refractivity contribution >= 4 is 11.0 Å². The predicted molar refractivity (Wildman–Crippen MR) is 114 cm³/mol. The van der Waals surface area contributed by atoms with Gasteiger partial charge in [0.2, 0.25) is 6.33 Å². The summed E-state index contributed by atoms with van der Waals surface area (Å²) in [6, 6.07) is 16.1. The smallest absolute Gasteiger partial charge is 0.243 e. The summed E-state index contributed by atoms with van der Waals surface area (Å²) in [6.07, 6.45) is 6.07. The van der Waals surface area contributed by atoms with E-state index in [1.54, 1.807) is 7.11 Å². The van der Waals surface area contributed by atoms with Crippen molar-refractivity contribution in [2.75, 3.05) is 26.9 Å². The van der Waals surface area contributed by atoms with Gasteiger partial charge in [-0.3, -0.25) is 0 Å². The van der Waals surface area contributed by atoms with E-state index in [2.05, 4.69) is 10.6 Å². The summed E-state index contributed by atoms with van der Waals surface area (Å²) in [7, 11) is 3.66. The molecule has 0 atom stereocenters. The Balaban J connectivity index is 1.30. The molecule has 6 heteroatoms. The number of aryl methyl sites for hydroxylation is 1. The summed E-state index contributed by atoms with van der Waals surface area (Å²) >= 11 is 0. The lowest BCUT2D eigenvalue weighted by Crippen LogP contribution is -2.24. The van der Waals surface area contributed by atoms with Crippen molar-refractivity contribution in [3.05, 3.63) is 72.8 Å². The quantitative estimate of drug-likeness (QED) is 0.295. The van der Waals surface area contributed by atoms with E-state index in [4.69, 9.17) is 18.6 Å². The molecule has 6 nitrogen and oxygen atoms in total. The molecule has 2 aromatic heterocycles. The lowest BCUT2D eigenvalue weighted by Gasteiger charge is -2.07. The van der Waals surface area contributed by atoms with Crippen LogP contribution in [0.1, 0.15) is 5.56 Å². The molecule has 0 aliphatic rings. The van der Waals surface area contributed by atoms with Gasteiger partial charge in [-0.05, 0) is 23.8 Å². The lowest BCUT2D eigenvalue weighted by atomic mass is 10.1. The molecule has 30 heavy (non-hydrogen) atoms. The van der Waals surface area contributed by atoms with Crippen molar-refractivity contribution in [3.63, 3.8) is 0 Å². The molecule has 0 aliphatic carbocycles. The van der Waals surface area contributed by atoms with Crippen LogP contribution in [0.2, 0.25) is 0 Å². The number of methoxy groups -OCH3 is 1. The van der Waals surface area contributed by atoms with Crippen LogP contribution in [0.25, 0.3) is 22.3 Å². The third-order valence-corrected chi connectivity index (χ3v) is 4.88. The van der Waals surface area contributed by atoms with Gasteiger partial charge in [0.25, 0.3) is 0 Å². The van der Waals surface area contributed by atoms with Gasteiger partial charge in [0.15, 0.2) is 11.3 Å². The second-order valence-electron chi connectivity index (χ2n) is 7.17. The molecule has 0 bridgehead atoms. The number of aromatic nitrogens is 2. The Morgan fingerprint density at radius 2 is 1.83 bits per heavy atom. The van der Waals surface area contributed by atoms with Crippen molar-refractivity contribution < 1.29 is 23.2 Å². The first-order valence-corrected chi connectivity index (χ1v) is 10.1. The molecular formula is C24H27N2O4+.